The van der Waals surface area contributed by atoms with Crippen LogP contribution >= 0.6 is 7.82 Å². The highest BCUT2D eigenvalue weighted by atomic mass is 31.2. The van der Waals surface area contributed by atoms with Crippen LogP contribution in [0.4, 0.5) is 0 Å². The maximum Gasteiger partial charge on any atom is 0.306 e. The number of rotatable bonds is 35. The summed E-state index contributed by atoms with van der Waals surface area (Å²) in [6.07, 6.45) is 34.5. The van der Waals surface area contributed by atoms with Crippen molar-refractivity contribution in [3.8, 4) is 0 Å². The average molecular weight is 728 g/mol. The van der Waals surface area contributed by atoms with E-state index in [2.05, 4.69) is 50.3 Å². The molecule has 2 atom stereocenters. The Balaban J connectivity index is 4.45. The molecular formula is C40H74NO8P. The smallest absolute Gasteiger partial charge is 0.306 e. The van der Waals surface area contributed by atoms with Crippen molar-refractivity contribution in [2.45, 2.75) is 161 Å². The molecule has 0 aliphatic rings. The fourth-order valence-electron chi connectivity index (χ4n) is 5.08. The summed E-state index contributed by atoms with van der Waals surface area (Å²) in [4.78, 5) is 37.3. The second-order valence-corrected chi connectivity index (χ2v) is 15.7. The number of likely N-dealkylation sites (N-methyl/N-ethyl adjacent to an activating group) is 1. The number of carbonyl (C=O) groups is 2. The van der Waals surface area contributed by atoms with Crippen molar-refractivity contribution in [1.82, 2.24) is 0 Å². The van der Waals surface area contributed by atoms with Crippen molar-refractivity contribution in [3.63, 3.8) is 0 Å². The molecule has 0 aromatic rings. The molecule has 0 amide bonds. The Bertz CT molecular complexity index is 959. The van der Waals surface area contributed by atoms with Crippen LogP contribution in [0.3, 0.4) is 0 Å². The molecule has 292 valence electrons. The second kappa shape index (κ2) is 33.1. The lowest BCUT2D eigenvalue weighted by Gasteiger charge is -2.28. The molecule has 0 N–H and O–H groups in total. The number of nitrogens with zero attached hydrogens (tertiary/aromatic N) is 1. The van der Waals surface area contributed by atoms with E-state index < -0.39 is 32.5 Å². The quantitative estimate of drug-likeness (QED) is 0.0209. The first-order valence-corrected chi connectivity index (χ1v) is 21.2. The molecule has 2 unspecified atom stereocenters. The second-order valence-electron chi connectivity index (χ2n) is 14.3. The summed E-state index contributed by atoms with van der Waals surface area (Å²) in [6.45, 7) is 4.07. The Morgan fingerprint density at radius 2 is 1.14 bits per heavy atom. The summed E-state index contributed by atoms with van der Waals surface area (Å²) >= 11 is 0. The zero-order chi connectivity index (χ0) is 37.2. The standard InChI is InChI=1S/C40H74NO8P/c1-6-8-10-12-14-16-18-19-20-21-23-25-27-29-31-33-40(43)49-38(37-48-50(44,45)47-35-34-41(3,4)5)36-46-39(42)32-30-28-26-24-22-17-15-13-11-9-7-2/h8,10,14,16,19-20,38H,6-7,9,11-13,15,17-18,21-37H2,1-5H3/b10-8-,16-14-,20-19-. The Morgan fingerprint density at radius 3 is 1.70 bits per heavy atom. The summed E-state index contributed by atoms with van der Waals surface area (Å²) in [7, 11) is 1.15. The van der Waals surface area contributed by atoms with Crippen molar-refractivity contribution in [3.05, 3.63) is 36.5 Å². The van der Waals surface area contributed by atoms with Gasteiger partial charge in [-0.1, -0.05) is 134 Å². The molecule has 0 radical (unpaired) electrons. The summed E-state index contributed by atoms with van der Waals surface area (Å²) in [5.74, 6) is -0.856. The van der Waals surface area contributed by atoms with E-state index in [0.29, 0.717) is 17.4 Å². The Morgan fingerprint density at radius 1 is 0.640 bits per heavy atom. The van der Waals surface area contributed by atoms with Crippen LogP contribution < -0.4 is 4.89 Å². The molecule has 0 spiro atoms. The van der Waals surface area contributed by atoms with Crippen molar-refractivity contribution in [1.29, 1.82) is 0 Å². The van der Waals surface area contributed by atoms with E-state index >= 15 is 0 Å². The fraction of sp³-hybridized carbons (Fsp3) is 0.800. The van der Waals surface area contributed by atoms with Gasteiger partial charge in [0.1, 0.15) is 19.8 Å². The zero-order valence-corrected chi connectivity index (χ0v) is 33.5. The third-order valence-electron chi connectivity index (χ3n) is 8.17. The van der Waals surface area contributed by atoms with Gasteiger partial charge in [0.05, 0.1) is 27.7 Å². The van der Waals surface area contributed by atoms with Crippen LogP contribution in [0, 0.1) is 0 Å². The van der Waals surface area contributed by atoms with E-state index in [1.807, 2.05) is 21.1 Å². The lowest BCUT2D eigenvalue weighted by atomic mass is 10.1. The van der Waals surface area contributed by atoms with Gasteiger partial charge in [-0.25, -0.2) is 0 Å². The van der Waals surface area contributed by atoms with Crippen LogP contribution in [0.1, 0.15) is 155 Å². The molecule has 0 aromatic carbocycles. The molecule has 0 bridgehead atoms. The molecule has 0 aromatic heterocycles. The van der Waals surface area contributed by atoms with Gasteiger partial charge in [-0.3, -0.25) is 14.2 Å². The fourth-order valence-corrected chi connectivity index (χ4v) is 5.81. The number of unbranched alkanes of at least 4 members (excludes halogenated alkanes) is 15. The molecule has 10 heteroatoms. The van der Waals surface area contributed by atoms with Gasteiger partial charge in [0, 0.05) is 12.8 Å². The van der Waals surface area contributed by atoms with Crippen LogP contribution in [0.25, 0.3) is 0 Å². The molecule has 0 rings (SSSR count). The topological polar surface area (TPSA) is 111 Å². The zero-order valence-electron chi connectivity index (χ0n) is 32.6. The highest BCUT2D eigenvalue weighted by Gasteiger charge is 2.21. The number of phosphoric ester groups is 1. The first-order chi connectivity index (χ1) is 24.0. The van der Waals surface area contributed by atoms with Gasteiger partial charge < -0.3 is 27.9 Å². The predicted molar refractivity (Wildman–Crippen MR) is 204 cm³/mol. The Labute approximate surface area is 306 Å². The lowest BCUT2D eigenvalue weighted by molar-refractivity contribution is -0.870. The van der Waals surface area contributed by atoms with Gasteiger partial charge in [-0.05, 0) is 44.9 Å². The first-order valence-electron chi connectivity index (χ1n) is 19.7. The molecule has 50 heavy (non-hydrogen) atoms. The third kappa shape index (κ3) is 36.0. The minimum Gasteiger partial charge on any atom is -0.756 e. The molecule has 0 heterocycles. The van der Waals surface area contributed by atoms with Gasteiger partial charge in [0.25, 0.3) is 7.82 Å². The largest absolute Gasteiger partial charge is 0.756 e. The Kier molecular flexibility index (Phi) is 31.9. The van der Waals surface area contributed by atoms with Gasteiger partial charge in [0.2, 0.25) is 0 Å². The van der Waals surface area contributed by atoms with Crippen LogP contribution in [0.2, 0.25) is 0 Å². The maximum absolute atomic E-state index is 12.6. The van der Waals surface area contributed by atoms with Crippen LogP contribution in [-0.4, -0.2) is 70.0 Å². The van der Waals surface area contributed by atoms with Crippen molar-refractivity contribution in [2.24, 2.45) is 0 Å². The number of hydrogen-bond acceptors (Lipinski definition) is 8. The van der Waals surface area contributed by atoms with E-state index in [1.54, 1.807) is 0 Å². The predicted octanol–water partition coefficient (Wildman–Crippen LogP) is 9.94. The van der Waals surface area contributed by atoms with Crippen LogP contribution in [0.15, 0.2) is 36.5 Å². The summed E-state index contributed by atoms with van der Waals surface area (Å²) < 4.78 is 33.7. The SMILES string of the molecule is CC/C=C\C/C=C\C/C=C\CCCCCCCC(=O)OC(COC(=O)CCCCCCCCCCCCC)COP(=O)([O-])OCC[N+](C)(C)C. The van der Waals surface area contributed by atoms with E-state index in [9.17, 15) is 19.0 Å². The average Bonchev–Trinajstić information content (AvgIpc) is 3.06. The van der Waals surface area contributed by atoms with Gasteiger partial charge in [-0.15, -0.1) is 0 Å². The van der Waals surface area contributed by atoms with Gasteiger partial charge in [0.15, 0.2) is 6.10 Å². The number of carbonyl (C=O) groups excluding carboxylic acids is 2. The van der Waals surface area contributed by atoms with E-state index in [1.165, 1.54) is 51.4 Å². The summed E-state index contributed by atoms with van der Waals surface area (Å²) in [5, 5.41) is 0. The minimum absolute atomic E-state index is 0.0342. The highest BCUT2D eigenvalue weighted by molar-refractivity contribution is 7.45. The Hall–Kier alpha value is -1.77. The van der Waals surface area contributed by atoms with Crippen LogP contribution in [-0.2, 0) is 32.7 Å². The molecule has 0 aliphatic carbocycles. The molecule has 0 fully saturated rings. The number of hydrogen-bond donors (Lipinski definition) is 0. The number of quaternary nitrogens is 1. The van der Waals surface area contributed by atoms with E-state index in [0.717, 1.165) is 70.6 Å². The highest BCUT2D eigenvalue weighted by Crippen LogP contribution is 2.38. The van der Waals surface area contributed by atoms with Gasteiger partial charge >= 0.3 is 11.9 Å². The summed E-state index contributed by atoms with van der Waals surface area (Å²) in [5.41, 5.74) is 0. The van der Waals surface area contributed by atoms with Crippen molar-refractivity contribution < 1.29 is 42.1 Å². The molecule has 0 saturated carbocycles. The number of allylic oxidation sites excluding steroid dienone is 6. The molecular weight excluding hydrogens is 653 g/mol. The number of ether oxygens (including phenoxy) is 2. The van der Waals surface area contributed by atoms with E-state index in [-0.39, 0.29) is 26.1 Å². The van der Waals surface area contributed by atoms with Crippen LogP contribution in [0.5, 0.6) is 0 Å². The number of phosphoric acid groups is 1. The minimum atomic E-state index is -4.62. The van der Waals surface area contributed by atoms with E-state index in [4.69, 9.17) is 18.5 Å². The third-order valence-corrected chi connectivity index (χ3v) is 9.14. The maximum atomic E-state index is 12.6. The molecule has 0 saturated heterocycles. The lowest BCUT2D eigenvalue weighted by Crippen LogP contribution is -2.37. The van der Waals surface area contributed by atoms with Crippen molar-refractivity contribution in [2.75, 3.05) is 47.5 Å². The molecule has 9 nitrogen and oxygen atoms in total. The summed E-state index contributed by atoms with van der Waals surface area (Å²) in [6, 6.07) is 0. The normalized spacial score (nSPS) is 14.1. The van der Waals surface area contributed by atoms with Gasteiger partial charge in [-0.2, -0.15) is 0 Å². The molecule has 0 aliphatic heterocycles. The first kappa shape index (κ1) is 48.2. The monoisotopic (exact) mass is 728 g/mol. The number of esters is 2. The van der Waals surface area contributed by atoms with Crippen molar-refractivity contribution >= 4 is 19.8 Å².